The van der Waals surface area contributed by atoms with Gasteiger partial charge in [0.1, 0.15) is 0 Å². The molecular formula is C10H14Br2O2. The molecule has 80 valence electrons. The quantitative estimate of drug-likeness (QED) is 0.734. The van der Waals surface area contributed by atoms with E-state index in [4.69, 9.17) is 9.47 Å². The third kappa shape index (κ3) is 2.40. The number of allylic oxidation sites excluding steroid dienone is 1. The molecule has 0 amide bonds. The van der Waals surface area contributed by atoms with Gasteiger partial charge in [0, 0.05) is 0 Å². The molecule has 1 aliphatic heterocycles. The first-order valence-corrected chi connectivity index (χ1v) is 6.43. The smallest absolute Gasteiger partial charge is 0.163 e. The number of ether oxygens (including phenoxy) is 2. The zero-order chi connectivity index (χ0) is 10.3. The summed E-state index contributed by atoms with van der Waals surface area (Å²) in [5.74, 6) is 0.185. The molecule has 0 radical (unpaired) electrons. The number of hydrogen-bond donors (Lipinski definition) is 0. The first kappa shape index (κ1) is 11.1. The SMILES string of the molecule is CC1(C)O[C@H]2CC(C=C(Br)Br)C[C@H]2O1. The van der Waals surface area contributed by atoms with Crippen LogP contribution in [0.2, 0.25) is 0 Å². The summed E-state index contributed by atoms with van der Waals surface area (Å²) < 4.78 is 12.6. The molecule has 2 fully saturated rings. The highest BCUT2D eigenvalue weighted by Gasteiger charge is 2.46. The summed E-state index contributed by atoms with van der Waals surface area (Å²) in [7, 11) is 0. The van der Waals surface area contributed by atoms with E-state index in [9.17, 15) is 0 Å². The highest BCUT2D eigenvalue weighted by molar-refractivity contribution is 9.28. The van der Waals surface area contributed by atoms with E-state index >= 15 is 0 Å². The third-order valence-electron chi connectivity index (χ3n) is 2.72. The van der Waals surface area contributed by atoms with Gasteiger partial charge in [-0.05, 0) is 64.5 Å². The molecule has 4 heteroatoms. The zero-order valence-electron chi connectivity index (χ0n) is 8.30. The van der Waals surface area contributed by atoms with Crippen LogP contribution in [0.4, 0.5) is 0 Å². The predicted molar refractivity (Wildman–Crippen MR) is 62.5 cm³/mol. The number of fused-ring (bicyclic) bond motifs is 1. The number of hydrogen-bond acceptors (Lipinski definition) is 2. The first-order chi connectivity index (χ1) is 6.46. The second kappa shape index (κ2) is 3.89. The van der Waals surface area contributed by atoms with Gasteiger partial charge >= 0.3 is 0 Å². The molecular weight excluding hydrogens is 312 g/mol. The Morgan fingerprint density at radius 3 is 2.14 bits per heavy atom. The van der Waals surface area contributed by atoms with Crippen LogP contribution < -0.4 is 0 Å². The van der Waals surface area contributed by atoms with Gasteiger partial charge in [-0.25, -0.2) is 0 Å². The van der Waals surface area contributed by atoms with Crippen molar-refractivity contribution in [2.24, 2.45) is 5.92 Å². The van der Waals surface area contributed by atoms with E-state index in [0.29, 0.717) is 5.92 Å². The van der Waals surface area contributed by atoms with Gasteiger partial charge in [0.25, 0.3) is 0 Å². The molecule has 0 aromatic heterocycles. The van der Waals surface area contributed by atoms with E-state index in [2.05, 4.69) is 37.9 Å². The van der Waals surface area contributed by atoms with E-state index < -0.39 is 0 Å². The van der Waals surface area contributed by atoms with Crippen molar-refractivity contribution in [2.45, 2.75) is 44.7 Å². The third-order valence-corrected chi connectivity index (χ3v) is 3.25. The van der Waals surface area contributed by atoms with Crippen molar-refractivity contribution in [3.05, 3.63) is 9.47 Å². The lowest BCUT2D eigenvalue weighted by Gasteiger charge is -2.19. The van der Waals surface area contributed by atoms with Crippen LogP contribution in [-0.2, 0) is 9.47 Å². The van der Waals surface area contributed by atoms with E-state index in [0.717, 1.165) is 16.2 Å². The fourth-order valence-electron chi connectivity index (χ4n) is 2.32. The molecule has 3 atom stereocenters. The highest BCUT2D eigenvalue weighted by Crippen LogP contribution is 2.42. The molecule has 2 rings (SSSR count). The number of rotatable bonds is 1. The standard InChI is InChI=1S/C10H14Br2O2/c1-10(2)13-7-3-6(5-9(11)12)4-8(7)14-10/h5-8H,3-4H2,1-2H3/t6?,7-,8+. The minimum absolute atomic E-state index is 0.283. The van der Waals surface area contributed by atoms with Crippen LogP contribution in [0.1, 0.15) is 26.7 Å². The predicted octanol–water partition coefficient (Wildman–Crippen LogP) is 3.55. The molecule has 0 aromatic carbocycles. The maximum absolute atomic E-state index is 5.80. The topological polar surface area (TPSA) is 18.5 Å². The lowest BCUT2D eigenvalue weighted by Crippen LogP contribution is -2.22. The summed E-state index contributed by atoms with van der Waals surface area (Å²) in [4.78, 5) is 0. The fraction of sp³-hybridized carbons (Fsp3) is 0.800. The molecule has 1 saturated carbocycles. The molecule has 14 heavy (non-hydrogen) atoms. The van der Waals surface area contributed by atoms with Crippen LogP contribution in [0.5, 0.6) is 0 Å². The van der Waals surface area contributed by atoms with Crippen molar-refractivity contribution in [1.82, 2.24) is 0 Å². The van der Waals surface area contributed by atoms with Crippen LogP contribution in [0.3, 0.4) is 0 Å². The second-order valence-corrected chi connectivity index (χ2v) is 7.17. The average molecular weight is 326 g/mol. The Balaban J connectivity index is 1.97. The molecule has 1 unspecified atom stereocenters. The lowest BCUT2D eigenvalue weighted by atomic mass is 10.1. The lowest BCUT2D eigenvalue weighted by molar-refractivity contribution is -0.152. The Morgan fingerprint density at radius 1 is 1.21 bits per heavy atom. The van der Waals surface area contributed by atoms with Gasteiger partial charge in [0.2, 0.25) is 0 Å². The molecule has 2 aliphatic rings. The highest BCUT2D eigenvalue weighted by atomic mass is 79.9. The largest absolute Gasteiger partial charge is 0.345 e. The molecule has 0 spiro atoms. The molecule has 2 nitrogen and oxygen atoms in total. The molecule has 1 saturated heterocycles. The zero-order valence-corrected chi connectivity index (χ0v) is 11.5. The minimum Gasteiger partial charge on any atom is -0.345 e. The Morgan fingerprint density at radius 2 is 1.71 bits per heavy atom. The maximum Gasteiger partial charge on any atom is 0.163 e. The van der Waals surface area contributed by atoms with Crippen molar-refractivity contribution in [3.63, 3.8) is 0 Å². The van der Waals surface area contributed by atoms with Crippen LogP contribution in [0.15, 0.2) is 9.47 Å². The van der Waals surface area contributed by atoms with E-state index in [1.807, 2.05) is 13.8 Å². The van der Waals surface area contributed by atoms with Gasteiger partial charge < -0.3 is 9.47 Å². The Bertz CT molecular complexity index is 243. The van der Waals surface area contributed by atoms with Crippen molar-refractivity contribution >= 4 is 31.9 Å². The summed E-state index contributed by atoms with van der Waals surface area (Å²) in [5, 5.41) is 0. The molecule has 0 bridgehead atoms. The normalized spacial score (nSPS) is 39.6. The van der Waals surface area contributed by atoms with E-state index in [1.54, 1.807) is 0 Å². The second-order valence-electron chi connectivity index (χ2n) is 4.40. The van der Waals surface area contributed by atoms with Crippen LogP contribution in [0, 0.1) is 5.92 Å². The average Bonchev–Trinajstić information content (AvgIpc) is 2.38. The van der Waals surface area contributed by atoms with Crippen LogP contribution in [0.25, 0.3) is 0 Å². The first-order valence-electron chi connectivity index (χ1n) is 4.85. The molecule has 0 aromatic rings. The van der Waals surface area contributed by atoms with Gasteiger partial charge in [-0.15, -0.1) is 0 Å². The van der Waals surface area contributed by atoms with Crippen molar-refractivity contribution < 1.29 is 9.47 Å². The summed E-state index contributed by atoms with van der Waals surface area (Å²) in [6.45, 7) is 3.97. The van der Waals surface area contributed by atoms with Crippen molar-refractivity contribution in [3.8, 4) is 0 Å². The fourth-order valence-corrected chi connectivity index (χ4v) is 3.06. The molecule has 1 heterocycles. The maximum atomic E-state index is 5.80. The van der Waals surface area contributed by atoms with E-state index in [1.165, 1.54) is 0 Å². The Hall–Kier alpha value is 0.620. The summed E-state index contributed by atoms with van der Waals surface area (Å²) in [6.07, 6.45) is 4.87. The van der Waals surface area contributed by atoms with Gasteiger partial charge in [0.15, 0.2) is 5.79 Å². The van der Waals surface area contributed by atoms with Gasteiger partial charge in [0.05, 0.1) is 15.6 Å². The Kier molecular flexibility index (Phi) is 3.09. The monoisotopic (exact) mass is 324 g/mol. The van der Waals surface area contributed by atoms with Crippen molar-refractivity contribution in [1.29, 1.82) is 0 Å². The van der Waals surface area contributed by atoms with Crippen LogP contribution >= 0.6 is 31.9 Å². The van der Waals surface area contributed by atoms with Gasteiger partial charge in [-0.2, -0.15) is 0 Å². The number of halogens is 2. The summed E-state index contributed by atoms with van der Waals surface area (Å²) >= 11 is 6.77. The minimum atomic E-state index is -0.379. The molecule has 1 aliphatic carbocycles. The van der Waals surface area contributed by atoms with Gasteiger partial charge in [-0.3, -0.25) is 0 Å². The summed E-state index contributed by atoms with van der Waals surface area (Å²) in [5.41, 5.74) is 0. The summed E-state index contributed by atoms with van der Waals surface area (Å²) in [6, 6.07) is 0. The van der Waals surface area contributed by atoms with Crippen molar-refractivity contribution in [2.75, 3.05) is 0 Å². The van der Waals surface area contributed by atoms with E-state index in [-0.39, 0.29) is 18.0 Å². The van der Waals surface area contributed by atoms with Crippen LogP contribution in [-0.4, -0.2) is 18.0 Å². The molecule has 0 N–H and O–H groups in total. The van der Waals surface area contributed by atoms with Gasteiger partial charge in [-0.1, -0.05) is 6.08 Å². The Labute approximate surface area is 101 Å².